The highest BCUT2D eigenvalue weighted by molar-refractivity contribution is 8.18. The molecule has 35 heavy (non-hydrogen) atoms. The SMILES string of the molecule is CC(C)C(NC(=O)OC(C)(C)C)C(=O)Oc1cc(F)ccc1/C=C1/SC(N2CCCCN2)=NC1=O. The van der Waals surface area contributed by atoms with Crippen LogP contribution in [0.2, 0.25) is 0 Å². The third kappa shape index (κ3) is 7.53. The Kier molecular flexibility index (Phi) is 8.55. The van der Waals surface area contributed by atoms with Crippen molar-refractivity contribution in [1.29, 1.82) is 0 Å². The number of thioether (sulfide) groups is 1. The van der Waals surface area contributed by atoms with Gasteiger partial charge in [0.2, 0.25) is 0 Å². The maximum Gasteiger partial charge on any atom is 0.408 e. The molecular weight excluding hydrogens is 475 g/mol. The van der Waals surface area contributed by atoms with Crippen LogP contribution in [-0.4, -0.2) is 52.9 Å². The molecule has 2 aliphatic heterocycles. The van der Waals surface area contributed by atoms with Crippen molar-refractivity contribution in [2.45, 2.75) is 59.1 Å². The number of aliphatic imine (C=N–C) groups is 1. The highest BCUT2D eigenvalue weighted by atomic mass is 32.2. The van der Waals surface area contributed by atoms with E-state index in [4.69, 9.17) is 9.47 Å². The average molecular weight is 507 g/mol. The van der Waals surface area contributed by atoms with Gasteiger partial charge in [0.05, 0.1) is 4.91 Å². The van der Waals surface area contributed by atoms with Gasteiger partial charge in [0.15, 0.2) is 5.17 Å². The Morgan fingerprint density at radius 3 is 2.66 bits per heavy atom. The minimum absolute atomic E-state index is 0.0721. The first-order valence-electron chi connectivity index (χ1n) is 11.5. The summed E-state index contributed by atoms with van der Waals surface area (Å²) in [7, 11) is 0. The van der Waals surface area contributed by atoms with E-state index in [9.17, 15) is 18.8 Å². The number of halogens is 1. The fourth-order valence-corrected chi connectivity index (χ4v) is 4.24. The van der Waals surface area contributed by atoms with Crippen molar-refractivity contribution in [2.24, 2.45) is 10.9 Å². The fraction of sp³-hybridized carbons (Fsp3) is 0.500. The Morgan fingerprint density at radius 1 is 1.29 bits per heavy atom. The Morgan fingerprint density at radius 2 is 2.03 bits per heavy atom. The number of nitrogens with one attached hydrogen (secondary N) is 2. The molecule has 0 aliphatic carbocycles. The van der Waals surface area contributed by atoms with E-state index in [0.717, 1.165) is 32.0 Å². The van der Waals surface area contributed by atoms with Crippen molar-refractivity contribution < 1.29 is 28.2 Å². The van der Waals surface area contributed by atoms with Gasteiger partial charge in [0.1, 0.15) is 23.2 Å². The zero-order valence-corrected chi connectivity index (χ0v) is 21.3. The number of nitrogens with zero attached hydrogens (tertiary/aromatic N) is 2. The van der Waals surface area contributed by atoms with Crippen LogP contribution in [0.1, 0.15) is 53.0 Å². The summed E-state index contributed by atoms with van der Waals surface area (Å²) >= 11 is 1.19. The van der Waals surface area contributed by atoms with Gasteiger partial charge in [0.25, 0.3) is 5.91 Å². The standard InChI is InChI=1S/C24H31FN4O5S/c1-14(2)19(27-23(32)34-24(3,4)5)21(31)33-17-13-16(25)9-8-15(17)12-18-20(30)28-22(35-18)29-11-7-6-10-26-29/h8-9,12-14,19,26H,6-7,10-11H2,1-5H3,(H,27,32)/b18-12+. The first-order chi connectivity index (χ1) is 16.4. The van der Waals surface area contributed by atoms with E-state index in [2.05, 4.69) is 15.7 Å². The fourth-order valence-electron chi connectivity index (χ4n) is 3.33. The Hall–Kier alpha value is -2.92. The quantitative estimate of drug-likeness (QED) is 0.352. The Balaban J connectivity index is 1.77. The zero-order valence-electron chi connectivity index (χ0n) is 20.5. The number of rotatable bonds is 5. The molecule has 0 spiro atoms. The molecule has 2 amide bonds. The van der Waals surface area contributed by atoms with E-state index < -0.39 is 35.4 Å². The smallest absolute Gasteiger partial charge is 0.408 e. The highest BCUT2D eigenvalue weighted by Crippen LogP contribution is 2.33. The van der Waals surface area contributed by atoms with Crippen LogP contribution in [0.25, 0.3) is 6.08 Å². The second-order valence-electron chi connectivity index (χ2n) is 9.55. The molecular formula is C24H31FN4O5S. The van der Waals surface area contributed by atoms with Crippen molar-refractivity contribution in [1.82, 2.24) is 15.8 Å². The van der Waals surface area contributed by atoms with Crippen LogP contribution in [-0.2, 0) is 14.3 Å². The molecule has 3 rings (SSSR count). The first kappa shape index (κ1) is 26.7. The van der Waals surface area contributed by atoms with Gasteiger partial charge in [-0.2, -0.15) is 4.99 Å². The third-order valence-electron chi connectivity index (χ3n) is 5.02. The minimum Gasteiger partial charge on any atom is -0.444 e. The number of carbonyl (C=O) groups excluding carboxylic acids is 3. The molecule has 0 aromatic heterocycles. The number of hydrogen-bond donors (Lipinski definition) is 2. The van der Waals surface area contributed by atoms with Gasteiger partial charge in [-0.25, -0.2) is 19.4 Å². The molecule has 0 bridgehead atoms. The third-order valence-corrected chi connectivity index (χ3v) is 6.02. The van der Waals surface area contributed by atoms with Gasteiger partial charge in [0, 0.05) is 24.7 Å². The lowest BCUT2D eigenvalue weighted by molar-refractivity contribution is -0.138. The molecule has 9 nitrogen and oxygen atoms in total. The Labute approximate surface area is 208 Å². The van der Waals surface area contributed by atoms with Crippen LogP contribution < -0.4 is 15.5 Å². The molecule has 2 aliphatic rings. The molecule has 1 saturated heterocycles. The van der Waals surface area contributed by atoms with Gasteiger partial charge in [-0.05, 0) is 69.5 Å². The molecule has 1 unspecified atom stereocenters. The van der Waals surface area contributed by atoms with Gasteiger partial charge in [-0.15, -0.1) is 0 Å². The van der Waals surface area contributed by atoms with Crippen LogP contribution in [0, 0.1) is 11.7 Å². The summed E-state index contributed by atoms with van der Waals surface area (Å²) in [6.07, 6.45) is 2.79. The molecule has 1 fully saturated rings. The highest BCUT2D eigenvalue weighted by Gasteiger charge is 2.30. The monoisotopic (exact) mass is 506 g/mol. The van der Waals surface area contributed by atoms with Crippen molar-refractivity contribution in [2.75, 3.05) is 13.1 Å². The zero-order chi connectivity index (χ0) is 25.8. The summed E-state index contributed by atoms with van der Waals surface area (Å²) < 4.78 is 24.8. The average Bonchev–Trinajstić information content (AvgIpc) is 3.13. The summed E-state index contributed by atoms with van der Waals surface area (Å²) in [4.78, 5) is 42.1. The summed E-state index contributed by atoms with van der Waals surface area (Å²) in [5.41, 5.74) is 2.79. The number of alkyl carbamates (subject to hydrolysis) is 1. The maximum absolute atomic E-state index is 14.0. The molecule has 1 aromatic rings. The number of amidine groups is 1. The second-order valence-corrected chi connectivity index (χ2v) is 10.6. The molecule has 0 saturated carbocycles. The van der Waals surface area contributed by atoms with E-state index in [1.165, 1.54) is 30.0 Å². The van der Waals surface area contributed by atoms with Crippen LogP contribution in [0.15, 0.2) is 28.1 Å². The lowest BCUT2D eigenvalue weighted by Gasteiger charge is -2.28. The number of amides is 2. The summed E-state index contributed by atoms with van der Waals surface area (Å²) in [6, 6.07) is 2.66. The molecule has 2 N–H and O–H groups in total. The molecule has 190 valence electrons. The maximum atomic E-state index is 14.0. The van der Waals surface area contributed by atoms with Crippen molar-refractivity contribution in [3.63, 3.8) is 0 Å². The summed E-state index contributed by atoms with van der Waals surface area (Å²) in [5.74, 6) is -2.22. The molecule has 2 heterocycles. The predicted molar refractivity (Wildman–Crippen MR) is 132 cm³/mol. The predicted octanol–water partition coefficient (Wildman–Crippen LogP) is 3.85. The number of ether oxygens (including phenoxy) is 2. The molecule has 0 radical (unpaired) electrons. The van der Waals surface area contributed by atoms with E-state index in [1.807, 2.05) is 5.01 Å². The van der Waals surface area contributed by atoms with Gasteiger partial charge in [-0.3, -0.25) is 9.80 Å². The van der Waals surface area contributed by atoms with Crippen LogP contribution in [0.3, 0.4) is 0 Å². The summed E-state index contributed by atoms with van der Waals surface area (Å²) in [6.45, 7) is 10.1. The molecule has 1 aromatic carbocycles. The first-order valence-corrected chi connectivity index (χ1v) is 12.3. The van der Waals surface area contributed by atoms with Crippen molar-refractivity contribution in [3.05, 3.63) is 34.5 Å². The van der Waals surface area contributed by atoms with Gasteiger partial charge < -0.3 is 14.8 Å². The molecule has 1 atom stereocenters. The number of esters is 1. The Bertz CT molecular complexity index is 1040. The normalized spacial score (nSPS) is 18.5. The second kappa shape index (κ2) is 11.2. The van der Waals surface area contributed by atoms with E-state index in [-0.39, 0.29) is 11.7 Å². The van der Waals surface area contributed by atoms with E-state index in [0.29, 0.717) is 15.6 Å². The topological polar surface area (TPSA) is 109 Å². The van der Waals surface area contributed by atoms with Crippen LogP contribution in [0.5, 0.6) is 5.75 Å². The van der Waals surface area contributed by atoms with Crippen LogP contribution >= 0.6 is 11.8 Å². The number of carbonyl (C=O) groups is 3. The minimum atomic E-state index is -1.03. The molecule has 11 heteroatoms. The van der Waals surface area contributed by atoms with Gasteiger partial charge in [-0.1, -0.05) is 13.8 Å². The number of benzene rings is 1. The van der Waals surface area contributed by atoms with Crippen molar-refractivity contribution >= 4 is 41.0 Å². The summed E-state index contributed by atoms with van der Waals surface area (Å²) in [5, 5.41) is 4.90. The van der Waals surface area contributed by atoms with E-state index in [1.54, 1.807) is 34.6 Å². The van der Waals surface area contributed by atoms with Crippen LogP contribution in [0.4, 0.5) is 9.18 Å². The van der Waals surface area contributed by atoms with Gasteiger partial charge >= 0.3 is 12.1 Å². The number of hydrazine groups is 1. The van der Waals surface area contributed by atoms with E-state index >= 15 is 0 Å². The number of hydrogen-bond acceptors (Lipinski definition) is 8. The lowest BCUT2D eigenvalue weighted by Crippen LogP contribution is -2.48. The largest absolute Gasteiger partial charge is 0.444 e. The van der Waals surface area contributed by atoms with Crippen molar-refractivity contribution in [3.8, 4) is 5.75 Å². The lowest BCUT2D eigenvalue weighted by atomic mass is 10.0.